The number of aromatic nitrogens is 1. The first kappa shape index (κ1) is 13.5. The Morgan fingerprint density at radius 1 is 1.39 bits per heavy atom. The lowest BCUT2D eigenvalue weighted by Gasteiger charge is -2.30. The third-order valence-corrected chi connectivity index (χ3v) is 4.40. The lowest BCUT2D eigenvalue weighted by Crippen LogP contribution is -2.41. The largest absolute Gasteiger partial charge is 0.493 e. The zero-order valence-corrected chi connectivity index (χ0v) is 12.3. The van der Waals surface area contributed by atoms with Gasteiger partial charge in [0.1, 0.15) is 4.88 Å². The van der Waals surface area contributed by atoms with Crippen molar-refractivity contribution in [3.63, 3.8) is 0 Å². The van der Waals surface area contributed by atoms with Crippen molar-refractivity contribution in [3.8, 4) is 5.88 Å². The summed E-state index contributed by atoms with van der Waals surface area (Å²) in [4.78, 5) is 3.02. The van der Waals surface area contributed by atoms with Crippen LogP contribution in [0.4, 0.5) is 0 Å². The van der Waals surface area contributed by atoms with Crippen molar-refractivity contribution in [2.45, 2.75) is 13.5 Å². The van der Waals surface area contributed by atoms with E-state index >= 15 is 0 Å². The van der Waals surface area contributed by atoms with E-state index < -0.39 is 0 Å². The molecule has 0 aliphatic carbocycles. The molecular weight excluding hydrogens is 268 g/mol. The first-order chi connectivity index (χ1) is 8.61. The highest BCUT2D eigenvalue weighted by atomic mass is 32.1. The number of nitrogens with zero attached hydrogens (tertiary/aromatic N) is 4. The summed E-state index contributed by atoms with van der Waals surface area (Å²) < 4.78 is 2.40. The van der Waals surface area contributed by atoms with Crippen LogP contribution in [-0.4, -0.2) is 59.0 Å². The van der Waals surface area contributed by atoms with E-state index in [-0.39, 0.29) is 5.88 Å². The Labute approximate surface area is 116 Å². The summed E-state index contributed by atoms with van der Waals surface area (Å²) in [7, 11) is 2.11. The van der Waals surface area contributed by atoms with E-state index in [1.165, 1.54) is 11.3 Å². The molecule has 7 heteroatoms. The van der Waals surface area contributed by atoms with Gasteiger partial charge in [-0.25, -0.2) is 0 Å². The second-order valence-electron chi connectivity index (χ2n) is 4.30. The van der Waals surface area contributed by atoms with Crippen molar-refractivity contribution >= 4 is 29.8 Å². The minimum absolute atomic E-state index is 0.227. The van der Waals surface area contributed by atoms with Crippen LogP contribution in [0, 0.1) is 3.95 Å². The van der Waals surface area contributed by atoms with Crippen molar-refractivity contribution < 1.29 is 5.11 Å². The number of hydrogen-bond donors (Lipinski definition) is 1. The molecule has 1 saturated heterocycles. The first-order valence-corrected chi connectivity index (χ1v) is 7.24. The molecule has 0 aromatic carbocycles. The molecule has 1 aromatic rings. The van der Waals surface area contributed by atoms with E-state index in [0.29, 0.717) is 10.5 Å². The maximum Gasteiger partial charge on any atom is 0.212 e. The van der Waals surface area contributed by atoms with Gasteiger partial charge in [-0.05, 0) is 26.2 Å². The van der Waals surface area contributed by atoms with Crippen LogP contribution in [0.5, 0.6) is 5.88 Å². The molecule has 18 heavy (non-hydrogen) atoms. The van der Waals surface area contributed by atoms with Crippen molar-refractivity contribution in [2.75, 3.05) is 33.2 Å². The highest BCUT2D eigenvalue weighted by Gasteiger charge is 2.12. The smallest absolute Gasteiger partial charge is 0.212 e. The van der Waals surface area contributed by atoms with E-state index in [2.05, 4.69) is 17.0 Å². The maximum atomic E-state index is 9.97. The summed E-state index contributed by atoms with van der Waals surface area (Å²) in [5.74, 6) is 0.227. The Bertz CT molecular complexity index is 486. The number of piperazine rings is 1. The second kappa shape index (κ2) is 5.81. The molecule has 100 valence electrons. The number of thiazole rings is 1. The van der Waals surface area contributed by atoms with Gasteiger partial charge in [0.05, 0.1) is 6.21 Å². The standard InChI is InChI=1S/C11H18N4OS2/c1-3-15-10(16)9(18-11(15)17)8-12-14-6-4-13(2)5-7-14/h8,16H,3-7H2,1-2H3. The van der Waals surface area contributed by atoms with Gasteiger partial charge in [0.25, 0.3) is 0 Å². The van der Waals surface area contributed by atoms with Gasteiger partial charge in [-0.3, -0.25) is 9.58 Å². The molecule has 2 heterocycles. The molecule has 5 nitrogen and oxygen atoms in total. The molecule has 0 atom stereocenters. The zero-order chi connectivity index (χ0) is 13.1. The highest BCUT2D eigenvalue weighted by Crippen LogP contribution is 2.24. The number of aromatic hydroxyl groups is 1. The second-order valence-corrected chi connectivity index (χ2v) is 5.98. The van der Waals surface area contributed by atoms with Gasteiger partial charge in [0.15, 0.2) is 3.95 Å². The molecule has 0 spiro atoms. The van der Waals surface area contributed by atoms with E-state index in [4.69, 9.17) is 12.2 Å². The monoisotopic (exact) mass is 286 g/mol. The van der Waals surface area contributed by atoms with Crippen LogP contribution >= 0.6 is 23.6 Å². The van der Waals surface area contributed by atoms with Crippen LogP contribution in [-0.2, 0) is 6.54 Å². The SMILES string of the molecule is CCn1c(O)c(C=NN2CCN(C)CC2)sc1=S. The molecule has 1 aliphatic rings. The molecule has 1 aliphatic heterocycles. The summed E-state index contributed by atoms with van der Waals surface area (Å²) in [6.45, 7) is 6.54. The lowest BCUT2D eigenvalue weighted by atomic mass is 10.4. The topological polar surface area (TPSA) is 44.0 Å². The van der Waals surface area contributed by atoms with Crippen LogP contribution < -0.4 is 0 Å². The predicted molar refractivity (Wildman–Crippen MR) is 77.1 cm³/mol. The van der Waals surface area contributed by atoms with Gasteiger partial charge in [0, 0.05) is 32.7 Å². The molecule has 0 unspecified atom stereocenters. The number of hydrazone groups is 1. The molecular formula is C11H18N4OS2. The Morgan fingerprint density at radius 3 is 2.61 bits per heavy atom. The highest BCUT2D eigenvalue weighted by molar-refractivity contribution is 7.73. The van der Waals surface area contributed by atoms with E-state index in [0.717, 1.165) is 31.1 Å². The number of likely N-dealkylation sites (N-methyl/N-ethyl adjacent to an activating group) is 1. The van der Waals surface area contributed by atoms with Crippen molar-refractivity contribution in [3.05, 3.63) is 8.83 Å². The van der Waals surface area contributed by atoms with Gasteiger partial charge in [-0.1, -0.05) is 11.3 Å². The summed E-state index contributed by atoms with van der Waals surface area (Å²) >= 11 is 6.58. The van der Waals surface area contributed by atoms with Gasteiger partial charge in [-0.15, -0.1) is 0 Å². The quantitative estimate of drug-likeness (QED) is 0.677. The lowest BCUT2D eigenvalue weighted by molar-refractivity contribution is 0.159. The molecule has 0 saturated carbocycles. The van der Waals surface area contributed by atoms with Crippen LogP contribution in [0.3, 0.4) is 0 Å². The van der Waals surface area contributed by atoms with E-state index in [1.54, 1.807) is 10.8 Å². The maximum absolute atomic E-state index is 9.97. The van der Waals surface area contributed by atoms with Gasteiger partial charge >= 0.3 is 0 Å². The normalized spacial score (nSPS) is 17.8. The van der Waals surface area contributed by atoms with Gasteiger partial charge in [-0.2, -0.15) is 5.10 Å². The minimum Gasteiger partial charge on any atom is -0.493 e. The molecule has 0 radical (unpaired) electrons. The summed E-state index contributed by atoms with van der Waals surface area (Å²) in [5, 5.41) is 16.4. The van der Waals surface area contributed by atoms with Crippen molar-refractivity contribution in [2.24, 2.45) is 5.10 Å². The Hall–Kier alpha value is -0.920. The summed E-state index contributed by atoms with van der Waals surface area (Å²) in [5.41, 5.74) is 0. The van der Waals surface area contributed by atoms with E-state index in [9.17, 15) is 5.11 Å². The Balaban J connectivity index is 2.07. The Kier molecular flexibility index (Phi) is 4.36. The Morgan fingerprint density at radius 2 is 2.06 bits per heavy atom. The van der Waals surface area contributed by atoms with Crippen molar-refractivity contribution in [1.82, 2.24) is 14.5 Å². The molecule has 1 N–H and O–H groups in total. The average Bonchev–Trinajstić information content (AvgIpc) is 2.63. The summed E-state index contributed by atoms with van der Waals surface area (Å²) in [6, 6.07) is 0. The van der Waals surface area contributed by atoms with Crippen LogP contribution in [0.2, 0.25) is 0 Å². The minimum atomic E-state index is 0.227. The third-order valence-electron chi connectivity index (χ3n) is 3.03. The fraction of sp³-hybridized carbons (Fsp3) is 0.636. The fourth-order valence-corrected chi connectivity index (χ4v) is 3.12. The van der Waals surface area contributed by atoms with Crippen LogP contribution in [0.15, 0.2) is 5.10 Å². The average molecular weight is 286 g/mol. The molecule has 1 aromatic heterocycles. The zero-order valence-electron chi connectivity index (χ0n) is 10.7. The molecule has 0 amide bonds. The van der Waals surface area contributed by atoms with E-state index in [1.807, 2.05) is 11.9 Å². The fourth-order valence-electron chi connectivity index (χ4n) is 1.82. The first-order valence-electron chi connectivity index (χ1n) is 6.02. The molecule has 2 rings (SSSR count). The molecule has 1 fully saturated rings. The van der Waals surface area contributed by atoms with Gasteiger partial charge < -0.3 is 10.0 Å². The van der Waals surface area contributed by atoms with Crippen LogP contribution in [0.1, 0.15) is 11.8 Å². The van der Waals surface area contributed by atoms with Crippen LogP contribution in [0.25, 0.3) is 0 Å². The summed E-state index contributed by atoms with van der Waals surface area (Å²) in [6.07, 6.45) is 1.72. The third kappa shape index (κ3) is 2.90. The van der Waals surface area contributed by atoms with Gasteiger partial charge in [0.2, 0.25) is 5.88 Å². The number of hydrogen-bond acceptors (Lipinski definition) is 6. The number of rotatable bonds is 3. The van der Waals surface area contributed by atoms with Crippen molar-refractivity contribution in [1.29, 1.82) is 0 Å². The molecule has 0 bridgehead atoms. The predicted octanol–water partition coefficient (Wildman–Crippen LogP) is 1.59.